The van der Waals surface area contributed by atoms with Gasteiger partial charge in [0.05, 0.1) is 30.1 Å². The van der Waals surface area contributed by atoms with Gasteiger partial charge in [-0.15, -0.1) is 11.3 Å². The van der Waals surface area contributed by atoms with Gasteiger partial charge in [0.25, 0.3) is 0 Å². The van der Waals surface area contributed by atoms with E-state index < -0.39 is 0 Å². The molecule has 1 unspecified atom stereocenters. The van der Waals surface area contributed by atoms with Gasteiger partial charge in [0.1, 0.15) is 11.6 Å². The Morgan fingerprint density at radius 1 is 1.30 bits per heavy atom. The molecule has 12 heteroatoms. The molecule has 3 aromatic heterocycles. The van der Waals surface area contributed by atoms with Crippen LogP contribution in [0, 0.1) is 6.92 Å². The molecular weight excluding hydrogens is 444 g/mol. The van der Waals surface area contributed by atoms with Crippen molar-refractivity contribution in [3.63, 3.8) is 0 Å². The second kappa shape index (κ2) is 8.94. The van der Waals surface area contributed by atoms with Crippen LogP contribution in [-0.2, 0) is 4.74 Å². The average molecular weight is 471 g/mol. The van der Waals surface area contributed by atoms with Gasteiger partial charge in [0.2, 0.25) is 11.8 Å². The van der Waals surface area contributed by atoms with Crippen molar-refractivity contribution in [2.24, 2.45) is 0 Å². The van der Waals surface area contributed by atoms with E-state index in [9.17, 15) is 4.79 Å². The molecule has 2 amide bonds. The van der Waals surface area contributed by atoms with Gasteiger partial charge in [-0.2, -0.15) is 4.98 Å². The van der Waals surface area contributed by atoms with Crippen LogP contribution >= 0.6 is 11.3 Å². The van der Waals surface area contributed by atoms with Crippen LogP contribution in [0.15, 0.2) is 17.6 Å². The molecule has 5 rings (SSSR count). The molecule has 174 valence electrons. The molecule has 2 aliphatic rings. The fourth-order valence-corrected chi connectivity index (χ4v) is 4.79. The van der Waals surface area contributed by atoms with E-state index in [2.05, 4.69) is 37.1 Å². The predicted molar refractivity (Wildman–Crippen MR) is 126 cm³/mol. The lowest BCUT2D eigenvalue weighted by molar-refractivity contribution is 0.138. The lowest BCUT2D eigenvalue weighted by Crippen LogP contribution is -2.55. The Balaban J connectivity index is 1.23. The van der Waals surface area contributed by atoms with Crippen molar-refractivity contribution in [3.05, 3.63) is 23.3 Å². The number of carbonyl (C=O) groups excluding carboxylic acids is 1. The summed E-state index contributed by atoms with van der Waals surface area (Å²) in [7, 11) is 0. The van der Waals surface area contributed by atoms with Gasteiger partial charge in [-0.1, -0.05) is 0 Å². The normalized spacial score (nSPS) is 20.9. The number of piperazine rings is 1. The number of ether oxygens (including phenoxy) is 2. The number of nitrogen functional groups attached to an aromatic ring is 1. The highest BCUT2D eigenvalue weighted by Crippen LogP contribution is 2.29. The SMILES string of the molecule is Cc1nc(O[C@H]2CCOC2)ccc1NC(=O)N1CCN(c2nc(N)nc3scnc23)C(C)C1. The van der Waals surface area contributed by atoms with Crippen molar-refractivity contribution in [2.45, 2.75) is 32.4 Å². The third-order valence-corrected chi connectivity index (χ3v) is 6.58. The molecule has 3 N–H and O–H groups in total. The summed E-state index contributed by atoms with van der Waals surface area (Å²) >= 11 is 1.43. The van der Waals surface area contributed by atoms with E-state index in [1.165, 1.54) is 11.3 Å². The number of urea groups is 1. The first-order chi connectivity index (χ1) is 16.0. The fraction of sp³-hybridized carbons (Fsp3) is 0.476. The summed E-state index contributed by atoms with van der Waals surface area (Å²) in [5, 5.41) is 2.98. The first kappa shape index (κ1) is 21.6. The molecule has 3 aromatic rings. The summed E-state index contributed by atoms with van der Waals surface area (Å²) in [5.41, 5.74) is 9.75. The average Bonchev–Trinajstić information content (AvgIpc) is 3.47. The number of thiazole rings is 1. The standard InChI is InChI=1S/C21H26N8O3S/c1-12-9-28(6-7-29(12)18-17-19(33-11-23-17)27-20(22)26-18)21(30)25-15-3-4-16(24-13(15)2)32-14-5-8-31-10-14/h3-4,11-12,14H,5-10H2,1-2H3,(H,25,30)(H2,22,26,27)/t12?,14-/m0/s1. The fourth-order valence-electron chi connectivity index (χ4n) is 4.13. The van der Waals surface area contributed by atoms with Crippen molar-refractivity contribution in [1.29, 1.82) is 0 Å². The van der Waals surface area contributed by atoms with Crippen LogP contribution in [0.25, 0.3) is 10.3 Å². The maximum Gasteiger partial charge on any atom is 0.322 e. The number of hydrogen-bond acceptors (Lipinski definition) is 10. The number of carbonyl (C=O) groups is 1. The number of nitrogens with two attached hydrogens (primary N) is 1. The molecule has 2 atom stereocenters. The van der Waals surface area contributed by atoms with Crippen LogP contribution in [0.5, 0.6) is 5.88 Å². The molecule has 0 bridgehead atoms. The highest BCUT2D eigenvalue weighted by Gasteiger charge is 2.30. The number of nitrogens with one attached hydrogen (secondary N) is 1. The number of nitrogens with zero attached hydrogens (tertiary/aromatic N) is 6. The molecule has 5 heterocycles. The van der Waals surface area contributed by atoms with Crippen LogP contribution in [0.3, 0.4) is 0 Å². The molecule has 33 heavy (non-hydrogen) atoms. The van der Waals surface area contributed by atoms with Crippen molar-refractivity contribution in [2.75, 3.05) is 48.8 Å². The monoisotopic (exact) mass is 470 g/mol. The van der Waals surface area contributed by atoms with Gasteiger partial charge in [0.15, 0.2) is 10.6 Å². The first-order valence-electron chi connectivity index (χ1n) is 10.9. The third kappa shape index (κ3) is 4.48. The molecule has 2 saturated heterocycles. The molecule has 0 spiro atoms. The second-order valence-electron chi connectivity index (χ2n) is 8.22. The topological polar surface area (TPSA) is 132 Å². The molecule has 0 aliphatic carbocycles. The third-order valence-electron chi connectivity index (χ3n) is 5.86. The van der Waals surface area contributed by atoms with E-state index >= 15 is 0 Å². The summed E-state index contributed by atoms with van der Waals surface area (Å²) in [4.78, 5) is 35.2. The minimum Gasteiger partial charge on any atom is -0.472 e. The molecule has 2 aliphatic heterocycles. The molecule has 0 aromatic carbocycles. The zero-order chi connectivity index (χ0) is 22.9. The van der Waals surface area contributed by atoms with Crippen molar-refractivity contribution in [3.8, 4) is 5.88 Å². The molecule has 11 nitrogen and oxygen atoms in total. The largest absolute Gasteiger partial charge is 0.472 e. The summed E-state index contributed by atoms with van der Waals surface area (Å²) in [5.74, 6) is 1.49. The Morgan fingerprint density at radius 2 is 2.18 bits per heavy atom. The van der Waals surface area contributed by atoms with Crippen molar-refractivity contribution < 1.29 is 14.3 Å². The van der Waals surface area contributed by atoms with Crippen LogP contribution in [-0.4, -0.2) is 75.9 Å². The summed E-state index contributed by atoms with van der Waals surface area (Å²) < 4.78 is 11.2. The number of amides is 2. The summed E-state index contributed by atoms with van der Waals surface area (Å²) in [6.45, 7) is 6.90. The van der Waals surface area contributed by atoms with Gasteiger partial charge >= 0.3 is 6.03 Å². The maximum absolute atomic E-state index is 13.0. The Bertz CT molecular complexity index is 1170. The number of aromatic nitrogens is 4. The number of rotatable bonds is 4. The van der Waals surface area contributed by atoms with E-state index in [1.807, 2.05) is 13.0 Å². The van der Waals surface area contributed by atoms with Gasteiger partial charge in [-0.05, 0) is 19.9 Å². The molecule has 0 saturated carbocycles. The zero-order valence-corrected chi connectivity index (χ0v) is 19.3. The van der Waals surface area contributed by atoms with E-state index in [4.69, 9.17) is 15.2 Å². The van der Waals surface area contributed by atoms with Crippen LogP contribution in [0.2, 0.25) is 0 Å². The zero-order valence-electron chi connectivity index (χ0n) is 18.5. The van der Waals surface area contributed by atoms with E-state index in [0.29, 0.717) is 50.1 Å². The van der Waals surface area contributed by atoms with E-state index in [0.717, 1.165) is 22.6 Å². The van der Waals surface area contributed by atoms with E-state index in [-0.39, 0.29) is 24.1 Å². The van der Waals surface area contributed by atoms with Gasteiger partial charge in [-0.25, -0.2) is 19.7 Å². The molecular formula is C21H26N8O3S. The number of anilines is 3. The predicted octanol–water partition coefficient (Wildman–Crippen LogP) is 2.28. The Hall–Kier alpha value is -3.25. The number of fused-ring (bicyclic) bond motifs is 1. The smallest absolute Gasteiger partial charge is 0.322 e. The Labute approximate surface area is 194 Å². The molecule has 2 fully saturated rings. The summed E-state index contributed by atoms with van der Waals surface area (Å²) in [6, 6.07) is 3.48. The maximum atomic E-state index is 13.0. The summed E-state index contributed by atoms with van der Waals surface area (Å²) in [6.07, 6.45) is 0.893. The minimum atomic E-state index is -0.162. The quantitative estimate of drug-likeness (QED) is 0.589. The Morgan fingerprint density at radius 3 is 2.94 bits per heavy atom. The highest BCUT2D eigenvalue weighted by molar-refractivity contribution is 7.16. The van der Waals surface area contributed by atoms with Gasteiger partial charge < -0.3 is 30.3 Å². The number of pyridine rings is 1. The minimum absolute atomic E-state index is 0.0332. The number of aryl methyl sites for hydroxylation is 1. The number of hydrogen-bond donors (Lipinski definition) is 2. The van der Waals surface area contributed by atoms with Crippen LogP contribution < -0.4 is 20.7 Å². The van der Waals surface area contributed by atoms with Crippen LogP contribution in [0.1, 0.15) is 19.0 Å². The Kier molecular flexibility index (Phi) is 5.85. The first-order valence-corrected chi connectivity index (χ1v) is 11.8. The van der Waals surface area contributed by atoms with Crippen LogP contribution in [0.4, 0.5) is 22.2 Å². The second-order valence-corrected chi connectivity index (χ2v) is 9.05. The highest BCUT2D eigenvalue weighted by atomic mass is 32.1. The van der Waals surface area contributed by atoms with E-state index in [1.54, 1.807) is 16.5 Å². The molecule has 0 radical (unpaired) electrons. The lowest BCUT2D eigenvalue weighted by atomic mass is 10.2. The van der Waals surface area contributed by atoms with Gasteiger partial charge in [-0.3, -0.25) is 0 Å². The van der Waals surface area contributed by atoms with Gasteiger partial charge in [0, 0.05) is 38.2 Å². The van der Waals surface area contributed by atoms with Crippen molar-refractivity contribution >= 4 is 45.2 Å². The van der Waals surface area contributed by atoms with Crippen molar-refractivity contribution in [1.82, 2.24) is 24.8 Å². The lowest BCUT2D eigenvalue weighted by Gasteiger charge is -2.40.